The third kappa shape index (κ3) is 4.03. The Kier molecular flexibility index (Phi) is 5.81. The van der Waals surface area contributed by atoms with Crippen LogP contribution in [0.25, 0.3) is 11.6 Å². The highest BCUT2D eigenvalue weighted by Crippen LogP contribution is 2.41. The van der Waals surface area contributed by atoms with Gasteiger partial charge in [-0.2, -0.15) is 0 Å². The summed E-state index contributed by atoms with van der Waals surface area (Å²) in [7, 11) is 1.98. The molecule has 0 saturated carbocycles. The molecule has 0 unspecified atom stereocenters. The number of hydrogen-bond donors (Lipinski definition) is 1. The van der Waals surface area contributed by atoms with Crippen LogP contribution in [0, 0.1) is 0 Å². The third-order valence-electron chi connectivity index (χ3n) is 5.90. The maximum Gasteiger partial charge on any atom is 0.335 e. The summed E-state index contributed by atoms with van der Waals surface area (Å²) in [4.78, 5) is 41.1. The number of carbonyl (C=O) groups excluding carboxylic acids is 3. The smallest absolute Gasteiger partial charge is 0.335 e. The van der Waals surface area contributed by atoms with Crippen molar-refractivity contribution < 1.29 is 14.4 Å². The molecule has 170 valence electrons. The summed E-state index contributed by atoms with van der Waals surface area (Å²) in [6, 6.07) is 7.09. The van der Waals surface area contributed by atoms with E-state index in [0.29, 0.717) is 10.6 Å². The van der Waals surface area contributed by atoms with Gasteiger partial charge in [0.05, 0.1) is 21.3 Å². The molecule has 2 aromatic rings. The van der Waals surface area contributed by atoms with E-state index in [2.05, 4.69) is 30.1 Å². The van der Waals surface area contributed by atoms with E-state index in [-0.39, 0.29) is 26.8 Å². The van der Waals surface area contributed by atoms with Crippen LogP contribution in [0.15, 0.2) is 42.0 Å². The molecule has 6 nitrogen and oxygen atoms in total. The number of imide groups is 2. The summed E-state index contributed by atoms with van der Waals surface area (Å²) in [5.41, 5.74) is 3.18. The molecule has 0 aliphatic carbocycles. The van der Waals surface area contributed by atoms with Gasteiger partial charge in [-0.3, -0.25) is 14.9 Å². The molecule has 2 aliphatic rings. The molecule has 1 fully saturated rings. The Balaban J connectivity index is 1.79. The molecular weight excluding hydrogens is 485 g/mol. The minimum Gasteiger partial charge on any atom is -0.365 e. The molecule has 4 amide bonds. The monoisotopic (exact) mass is 503 g/mol. The van der Waals surface area contributed by atoms with E-state index in [1.165, 1.54) is 24.3 Å². The average molecular weight is 505 g/mol. The van der Waals surface area contributed by atoms with Crippen molar-refractivity contribution in [3.8, 4) is 0 Å². The number of likely N-dealkylation sites (N-methyl/N-ethyl adjacent to an activating group) is 1. The third-order valence-corrected chi connectivity index (χ3v) is 6.96. The predicted octanol–water partition coefficient (Wildman–Crippen LogP) is 5.94. The van der Waals surface area contributed by atoms with Gasteiger partial charge < -0.3 is 4.90 Å². The van der Waals surface area contributed by atoms with Gasteiger partial charge in [0, 0.05) is 23.3 Å². The fourth-order valence-electron chi connectivity index (χ4n) is 3.97. The maximum atomic E-state index is 13.2. The van der Waals surface area contributed by atoms with Crippen LogP contribution < -0.4 is 15.1 Å². The molecule has 1 saturated heterocycles. The number of hydrogen-bond acceptors (Lipinski definition) is 4. The molecule has 2 aliphatic heterocycles. The Hall–Kier alpha value is -2.80. The lowest BCUT2D eigenvalue weighted by Crippen LogP contribution is -2.54. The lowest BCUT2D eigenvalue weighted by atomic mass is 9.88. The van der Waals surface area contributed by atoms with Crippen LogP contribution in [0.5, 0.6) is 0 Å². The van der Waals surface area contributed by atoms with Crippen LogP contribution in [0.1, 0.15) is 31.9 Å². The van der Waals surface area contributed by atoms with Crippen LogP contribution >= 0.6 is 34.8 Å². The molecule has 2 aromatic carbocycles. The highest BCUT2D eigenvalue weighted by atomic mass is 35.5. The first-order chi connectivity index (χ1) is 15.4. The van der Waals surface area contributed by atoms with Crippen molar-refractivity contribution in [3.05, 3.63) is 68.2 Å². The molecule has 9 heteroatoms. The number of benzene rings is 2. The highest BCUT2D eigenvalue weighted by molar-refractivity contribution is 6.43. The number of anilines is 2. The number of barbiturate groups is 1. The Morgan fingerprint density at radius 3 is 2.33 bits per heavy atom. The predicted molar refractivity (Wildman–Crippen MR) is 133 cm³/mol. The maximum absolute atomic E-state index is 13.2. The molecule has 4 rings (SSSR count). The van der Waals surface area contributed by atoms with Crippen molar-refractivity contribution in [1.82, 2.24) is 5.32 Å². The van der Waals surface area contributed by atoms with E-state index in [1.807, 2.05) is 26.1 Å². The SMILES string of the molecule is CC1=CC(C)(C)N(C)c2cc(Cl)c(/C=C3/C(=O)NC(=O)N(c4ccc(Cl)c(Cl)c4)C3=O)cc21. The van der Waals surface area contributed by atoms with Crippen molar-refractivity contribution in [2.45, 2.75) is 26.3 Å². The zero-order valence-electron chi connectivity index (χ0n) is 18.3. The first-order valence-electron chi connectivity index (χ1n) is 10.0. The number of amides is 4. The molecular formula is C24H20Cl3N3O3. The van der Waals surface area contributed by atoms with E-state index in [1.54, 1.807) is 0 Å². The van der Waals surface area contributed by atoms with Crippen molar-refractivity contribution in [2.75, 3.05) is 16.8 Å². The number of nitrogens with zero attached hydrogens (tertiary/aromatic N) is 2. The normalized spacial score (nSPS) is 18.9. The Morgan fingerprint density at radius 1 is 0.970 bits per heavy atom. The number of urea groups is 1. The second-order valence-electron chi connectivity index (χ2n) is 8.49. The van der Waals surface area contributed by atoms with Crippen LogP contribution in [-0.4, -0.2) is 30.4 Å². The van der Waals surface area contributed by atoms with Gasteiger partial charge >= 0.3 is 6.03 Å². The van der Waals surface area contributed by atoms with Crippen LogP contribution in [0.4, 0.5) is 16.2 Å². The summed E-state index contributed by atoms with van der Waals surface area (Å²) in [6.07, 6.45) is 3.54. The second-order valence-corrected chi connectivity index (χ2v) is 9.71. The zero-order valence-corrected chi connectivity index (χ0v) is 20.6. The van der Waals surface area contributed by atoms with Gasteiger partial charge in [-0.15, -0.1) is 0 Å². The average Bonchev–Trinajstić information content (AvgIpc) is 2.72. The lowest BCUT2D eigenvalue weighted by Gasteiger charge is -2.40. The fourth-order valence-corrected chi connectivity index (χ4v) is 4.47. The summed E-state index contributed by atoms with van der Waals surface area (Å²) < 4.78 is 0. The van der Waals surface area contributed by atoms with Gasteiger partial charge in [-0.1, -0.05) is 40.9 Å². The van der Waals surface area contributed by atoms with Crippen LogP contribution in [0.3, 0.4) is 0 Å². The quantitative estimate of drug-likeness (QED) is 0.406. The molecule has 0 radical (unpaired) electrons. The van der Waals surface area contributed by atoms with E-state index in [0.717, 1.165) is 21.7 Å². The number of halogens is 3. The van der Waals surface area contributed by atoms with Gasteiger partial charge in [0.2, 0.25) is 0 Å². The van der Waals surface area contributed by atoms with Gasteiger partial charge in [0.1, 0.15) is 5.57 Å². The van der Waals surface area contributed by atoms with Crippen molar-refractivity contribution in [1.29, 1.82) is 0 Å². The fraction of sp³-hybridized carbons (Fsp3) is 0.208. The zero-order chi connectivity index (χ0) is 24.2. The number of allylic oxidation sites excluding steroid dienone is 1. The van der Waals surface area contributed by atoms with Crippen LogP contribution in [-0.2, 0) is 9.59 Å². The molecule has 0 spiro atoms. The van der Waals surface area contributed by atoms with Crippen molar-refractivity contribution in [2.24, 2.45) is 0 Å². The second kappa shape index (κ2) is 8.20. The topological polar surface area (TPSA) is 69.7 Å². The first kappa shape index (κ1) is 23.4. The van der Waals surface area contributed by atoms with Crippen molar-refractivity contribution >= 4 is 75.7 Å². The minimum atomic E-state index is -0.875. The standard InChI is InChI=1S/C24H20Cl3N3O3/c1-12-11-24(2,3)29(4)20-10-18(26)13(7-15(12)20)8-16-21(31)28-23(33)30(22(16)32)14-5-6-17(25)19(27)9-14/h5-11H,1-4H3,(H,28,31,33)/b16-8-. The van der Waals surface area contributed by atoms with Gasteiger partial charge in [-0.25, -0.2) is 9.69 Å². The van der Waals surface area contributed by atoms with Gasteiger partial charge in [0.15, 0.2) is 0 Å². The van der Waals surface area contributed by atoms with Crippen molar-refractivity contribution in [3.63, 3.8) is 0 Å². The molecule has 0 atom stereocenters. The Bertz CT molecular complexity index is 1300. The summed E-state index contributed by atoms with van der Waals surface area (Å²) in [6.45, 7) is 6.20. The minimum absolute atomic E-state index is 0.171. The van der Waals surface area contributed by atoms with E-state index >= 15 is 0 Å². The number of carbonyl (C=O) groups is 3. The van der Waals surface area contributed by atoms with Gasteiger partial charge in [-0.05, 0) is 68.3 Å². The molecule has 1 N–H and O–H groups in total. The number of fused-ring (bicyclic) bond motifs is 1. The van der Waals surface area contributed by atoms with E-state index in [9.17, 15) is 14.4 Å². The first-order valence-corrected chi connectivity index (χ1v) is 11.2. The van der Waals surface area contributed by atoms with E-state index < -0.39 is 17.8 Å². The summed E-state index contributed by atoms with van der Waals surface area (Å²) in [5, 5.41) is 3.01. The number of rotatable bonds is 2. The molecule has 33 heavy (non-hydrogen) atoms. The largest absolute Gasteiger partial charge is 0.365 e. The summed E-state index contributed by atoms with van der Waals surface area (Å²) >= 11 is 18.5. The molecule has 0 aromatic heterocycles. The Morgan fingerprint density at radius 2 is 1.67 bits per heavy atom. The summed E-state index contributed by atoms with van der Waals surface area (Å²) in [5.74, 6) is -1.60. The lowest BCUT2D eigenvalue weighted by molar-refractivity contribution is -0.122. The number of nitrogens with one attached hydrogen (secondary N) is 1. The molecule has 2 heterocycles. The highest BCUT2D eigenvalue weighted by Gasteiger charge is 2.37. The Labute approximate surface area is 206 Å². The van der Waals surface area contributed by atoms with Crippen LogP contribution in [0.2, 0.25) is 15.1 Å². The van der Waals surface area contributed by atoms with Gasteiger partial charge in [0.25, 0.3) is 11.8 Å². The molecule has 0 bridgehead atoms. The van der Waals surface area contributed by atoms with E-state index in [4.69, 9.17) is 34.8 Å².